The zero-order chi connectivity index (χ0) is 16.3. The van der Waals surface area contributed by atoms with Crippen LogP contribution in [-0.4, -0.2) is 11.9 Å². The molecular formula is C15H13ClF3N3O. The maximum Gasteiger partial charge on any atom is 0.416 e. The third kappa shape index (κ3) is 4.72. The van der Waals surface area contributed by atoms with Gasteiger partial charge in [0.05, 0.1) is 5.56 Å². The van der Waals surface area contributed by atoms with Crippen molar-refractivity contribution in [2.24, 2.45) is 16.5 Å². The first kappa shape index (κ1) is 18.5. The normalized spacial score (nSPS) is 10.6. The number of hydrogen-bond acceptors (Lipinski definition) is 1. The van der Waals surface area contributed by atoms with Crippen LogP contribution in [-0.2, 0) is 6.18 Å². The lowest BCUT2D eigenvalue weighted by atomic mass is 9.99. The highest BCUT2D eigenvalue weighted by atomic mass is 35.5. The molecule has 0 saturated carbocycles. The van der Waals surface area contributed by atoms with E-state index in [1.165, 1.54) is 6.07 Å². The van der Waals surface area contributed by atoms with Gasteiger partial charge in [-0.25, -0.2) is 0 Å². The van der Waals surface area contributed by atoms with Crippen molar-refractivity contribution in [3.63, 3.8) is 0 Å². The van der Waals surface area contributed by atoms with Crippen LogP contribution in [0.2, 0.25) is 0 Å². The molecule has 0 spiro atoms. The molecule has 0 atom stereocenters. The van der Waals surface area contributed by atoms with Crippen LogP contribution >= 0.6 is 12.4 Å². The highest BCUT2D eigenvalue weighted by Crippen LogP contribution is 2.33. The molecular weight excluding hydrogens is 331 g/mol. The standard InChI is InChI=1S/C15H12F3N3O.ClH/c16-15(17,18)12-7-10(9-4-2-1-3-5-9)6-11(8-12)13(22)21-14(19)20;/h1-8H,(H4,19,20,21,22);1H. The van der Waals surface area contributed by atoms with E-state index in [1.807, 2.05) is 0 Å². The second-order valence-corrected chi connectivity index (χ2v) is 4.50. The van der Waals surface area contributed by atoms with Gasteiger partial charge in [0.15, 0.2) is 5.96 Å². The van der Waals surface area contributed by atoms with Crippen LogP contribution in [0.5, 0.6) is 0 Å². The first-order chi connectivity index (χ1) is 10.3. The van der Waals surface area contributed by atoms with Crippen molar-refractivity contribution in [2.45, 2.75) is 6.18 Å². The zero-order valence-corrected chi connectivity index (χ0v) is 12.5. The minimum atomic E-state index is -4.59. The molecule has 0 aliphatic rings. The summed E-state index contributed by atoms with van der Waals surface area (Å²) in [5.41, 5.74) is 9.80. The fourth-order valence-electron chi connectivity index (χ4n) is 1.89. The number of alkyl halides is 3. The van der Waals surface area contributed by atoms with E-state index in [2.05, 4.69) is 4.99 Å². The molecule has 0 aliphatic heterocycles. The largest absolute Gasteiger partial charge is 0.416 e. The van der Waals surface area contributed by atoms with E-state index in [0.717, 1.165) is 12.1 Å². The van der Waals surface area contributed by atoms with E-state index in [1.54, 1.807) is 30.3 Å². The molecule has 2 aromatic rings. The molecule has 2 aromatic carbocycles. The van der Waals surface area contributed by atoms with E-state index in [-0.39, 0.29) is 23.5 Å². The van der Waals surface area contributed by atoms with Crippen LogP contribution in [0.15, 0.2) is 53.5 Å². The number of rotatable bonds is 2. The summed E-state index contributed by atoms with van der Waals surface area (Å²) in [5.74, 6) is -1.44. The third-order valence-corrected chi connectivity index (χ3v) is 2.85. The second-order valence-electron chi connectivity index (χ2n) is 4.50. The number of guanidine groups is 1. The van der Waals surface area contributed by atoms with E-state index in [0.29, 0.717) is 5.56 Å². The van der Waals surface area contributed by atoms with Crippen LogP contribution in [0, 0.1) is 0 Å². The van der Waals surface area contributed by atoms with E-state index in [4.69, 9.17) is 11.5 Å². The summed E-state index contributed by atoms with van der Waals surface area (Å²) in [7, 11) is 0. The Bertz CT molecular complexity index is 726. The third-order valence-electron chi connectivity index (χ3n) is 2.85. The minimum absolute atomic E-state index is 0. The summed E-state index contributed by atoms with van der Waals surface area (Å²) in [5, 5.41) is 0. The number of carbonyl (C=O) groups excluding carboxylic acids is 1. The van der Waals surface area contributed by atoms with Crippen molar-refractivity contribution in [1.82, 2.24) is 0 Å². The smallest absolute Gasteiger partial charge is 0.370 e. The van der Waals surface area contributed by atoms with Gasteiger partial charge in [0.2, 0.25) is 0 Å². The van der Waals surface area contributed by atoms with Gasteiger partial charge in [-0.1, -0.05) is 30.3 Å². The van der Waals surface area contributed by atoms with E-state index in [9.17, 15) is 18.0 Å². The Balaban J connectivity index is 0.00000264. The molecule has 0 bridgehead atoms. The number of halogens is 4. The van der Waals surface area contributed by atoms with Crippen molar-refractivity contribution < 1.29 is 18.0 Å². The number of aliphatic imine (C=N–C) groups is 1. The zero-order valence-electron chi connectivity index (χ0n) is 11.7. The molecule has 0 aliphatic carbocycles. The van der Waals surface area contributed by atoms with Crippen LogP contribution < -0.4 is 11.5 Å². The summed E-state index contributed by atoms with van der Waals surface area (Å²) < 4.78 is 39.0. The molecule has 0 fully saturated rings. The van der Waals surface area contributed by atoms with Crippen LogP contribution in [0.3, 0.4) is 0 Å². The van der Waals surface area contributed by atoms with Crippen molar-refractivity contribution in [3.05, 3.63) is 59.7 Å². The van der Waals surface area contributed by atoms with Gasteiger partial charge in [-0.3, -0.25) is 4.79 Å². The van der Waals surface area contributed by atoms with Gasteiger partial charge in [-0.15, -0.1) is 12.4 Å². The van der Waals surface area contributed by atoms with Gasteiger partial charge < -0.3 is 11.5 Å². The first-order valence-corrected chi connectivity index (χ1v) is 6.19. The number of benzene rings is 2. The lowest BCUT2D eigenvalue weighted by molar-refractivity contribution is -0.137. The Kier molecular flexibility index (Phi) is 5.75. The Morgan fingerprint density at radius 1 is 0.957 bits per heavy atom. The summed E-state index contributed by atoms with van der Waals surface area (Å²) >= 11 is 0. The molecule has 4 nitrogen and oxygen atoms in total. The van der Waals surface area contributed by atoms with Crippen LogP contribution in [0.1, 0.15) is 15.9 Å². The predicted octanol–water partition coefficient (Wildman–Crippen LogP) is 3.21. The van der Waals surface area contributed by atoms with Crippen molar-refractivity contribution in [3.8, 4) is 11.1 Å². The van der Waals surface area contributed by atoms with Crippen LogP contribution in [0.25, 0.3) is 11.1 Å². The first-order valence-electron chi connectivity index (χ1n) is 6.19. The van der Waals surface area contributed by atoms with E-state index < -0.39 is 23.6 Å². The summed E-state index contributed by atoms with van der Waals surface area (Å²) in [6.45, 7) is 0. The Morgan fingerprint density at radius 2 is 1.57 bits per heavy atom. The fourth-order valence-corrected chi connectivity index (χ4v) is 1.89. The number of hydrogen-bond donors (Lipinski definition) is 2. The van der Waals surface area contributed by atoms with Crippen molar-refractivity contribution >= 4 is 24.3 Å². The maximum atomic E-state index is 13.0. The van der Waals surface area contributed by atoms with Gasteiger partial charge >= 0.3 is 6.18 Å². The predicted molar refractivity (Wildman–Crippen MR) is 84.3 cm³/mol. The topological polar surface area (TPSA) is 81.5 Å². The molecule has 0 heterocycles. The number of carbonyl (C=O) groups is 1. The maximum absolute atomic E-state index is 13.0. The molecule has 4 N–H and O–H groups in total. The molecule has 0 unspecified atom stereocenters. The van der Waals surface area contributed by atoms with Crippen molar-refractivity contribution in [2.75, 3.05) is 0 Å². The molecule has 0 aromatic heterocycles. The molecule has 23 heavy (non-hydrogen) atoms. The molecule has 2 rings (SSSR count). The second kappa shape index (κ2) is 7.15. The van der Waals surface area contributed by atoms with Gasteiger partial charge in [-0.05, 0) is 29.3 Å². The fraction of sp³-hybridized carbons (Fsp3) is 0.0667. The summed E-state index contributed by atoms with van der Waals surface area (Å²) in [4.78, 5) is 15.1. The molecule has 8 heteroatoms. The quantitative estimate of drug-likeness (QED) is 0.649. The lowest BCUT2D eigenvalue weighted by Gasteiger charge is -2.11. The summed E-state index contributed by atoms with van der Waals surface area (Å²) in [6.07, 6.45) is -4.59. The van der Waals surface area contributed by atoms with E-state index >= 15 is 0 Å². The molecule has 1 amide bonds. The highest BCUT2D eigenvalue weighted by Gasteiger charge is 2.32. The molecule has 0 radical (unpaired) electrons. The lowest BCUT2D eigenvalue weighted by Crippen LogP contribution is -2.24. The highest BCUT2D eigenvalue weighted by molar-refractivity contribution is 6.02. The average molecular weight is 344 g/mol. The number of nitrogens with zero attached hydrogens (tertiary/aromatic N) is 1. The monoisotopic (exact) mass is 343 g/mol. The van der Waals surface area contributed by atoms with Gasteiger partial charge in [0.25, 0.3) is 5.91 Å². The minimum Gasteiger partial charge on any atom is -0.370 e. The Hall–Kier alpha value is -2.54. The number of amides is 1. The van der Waals surface area contributed by atoms with Gasteiger partial charge in [0.1, 0.15) is 0 Å². The Morgan fingerprint density at radius 3 is 2.09 bits per heavy atom. The van der Waals surface area contributed by atoms with Crippen molar-refractivity contribution in [1.29, 1.82) is 0 Å². The number of nitrogens with two attached hydrogens (primary N) is 2. The Labute approximate surface area is 136 Å². The average Bonchev–Trinajstić information content (AvgIpc) is 2.46. The summed E-state index contributed by atoms with van der Waals surface area (Å²) in [6, 6.07) is 11.4. The van der Waals surface area contributed by atoms with Crippen LogP contribution in [0.4, 0.5) is 13.2 Å². The molecule has 0 saturated heterocycles. The van der Waals surface area contributed by atoms with Gasteiger partial charge in [0, 0.05) is 5.56 Å². The van der Waals surface area contributed by atoms with Gasteiger partial charge in [-0.2, -0.15) is 18.2 Å². The molecule has 122 valence electrons. The SMILES string of the molecule is Cl.NC(N)=NC(=O)c1cc(-c2ccccc2)cc(C(F)(F)F)c1.